The second kappa shape index (κ2) is 4.01. The molecule has 4 N–H and O–H groups in total. The molecule has 1 unspecified atom stereocenters. The highest BCUT2D eigenvalue weighted by Crippen LogP contribution is 2.01. The van der Waals surface area contributed by atoms with E-state index in [1.807, 2.05) is 6.92 Å². The topological polar surface area (TPSA) is 89.4 Å². The van der Waals surface area contributed by atoms with Crippen LogP contribution in [0.15, 0.2) is 0 Å². The third-order valence-corrected chi connectivity index (χ3v) is 2.76. The third kappa shape index (κ3) is 3.15. The van der Waals surface area contributed by atoms with Crippen LogP contribution in [0.2, 0.25) is 0 Å². The summed E-state index contributed by atoms with van der Waals surface area (Å²) in [7, 11) is -2.15. The second-order valence-corrected chi connectivity index (χ2v) is 3.96. The van der Waals surface area contributed by atoms with Crippen LogP contribution in [-0.4, -0.2) is 32.4 Å². The van der Waals surface area contributed by atoms with Crippen LogP contribution in [0.5, 0.6) is 0 Å². The molecule has 0 aromatic heterocycles. The van der Waals surface area contributed by atoms with Gasteiger partial charge in [-0.2, -0.15) is 12.7 Å². The number of rotatable bonds is 4. The molecule has 0 radical (unpaired) electrons. The van der Waals surface area contributed by atoms with E-state index in [-0.39, 0.29) is 6.04 Å². The van der Waals surface area contributed by atoms with Gasteiger partial charge >= 0.3 is 0 Å². The number of nitrogens with zero attached hydrogens (tertiary/aromatic N) is 1. The Morgan fingerprint density at radius 1 is 1.55 bits per heavy atom. The molecule has 0 aromatic rings. The van der Waals surface area contributed by atoms with E-state index in [0.717, 1.165) is 4.31 Å². The van der Waals surface area contributed by atoms with Crippen LogP contribution in [0.1, 0.15) is 13.3 Å². The van der Waals surface area contributed by atoms with E-state index in [0.29, 0.717) is 13.0 Å². The normalized spacial score (nSPS) is 15.4. The van der Waals surface area contributed by atoms with Gasteiger partial charge in [0.25, 0.3) is 10.2 Å². The monoisotopic (exact) mass is 181 g/mol. The van der Waals surface area contributed by atoms with E-state index >= 15 is 0 Å². The summed E-state index contributed by atoms with van der Waals surface area (Å²) < 4.78 is 22.6. The number of nitrogens with two attached hydrogens (primary N) is 2. The fourth-order valence-electron chi connectivity index (χ4n) is 0.780. The molecule has 1 atom stereocenters. The Bertz CT molecular complexity index is 198. The van der Waals surface area contributed by atoms with Crippen molar-refractivity contribution in [3.63, 3.8) is 0 Å². The molecule has 0 bridgehead atoms. The van der Waals surface area contributed by atoms with Gasteiger partial charge in [-0.3, -0.25) is 0 Å². The van der Waals surface area contributed by atoms with Crippen molar-refractivity contribution in [2.45, 2.75) is 19.4 Å². The van der Waals surface area contributed by atoms with Crippen LogP contribution < -0.4 is 10.9 Å². The van der Waals surface area contributed by atoms with Crippen molar-refractivity contribution in [2.75, 3.05) is 13.6 Å². The van der Waals surface area contributed by atoms with Gasteiger partial charge in [0.05, 0.1) is 0 Å². The Balaban J connectivity index is 4.33. The molecule has 68 valence electrons. The summed E-state index contributed by atoms with van der Waals surface area (Å²) in [6.45, 7) is 2.16. The molecule has 0 spiro atoms. The van der Waals surface area contributed by atoms with E-state index in [4.69, 9.17) is 10.9 Å². The molecule has 11 heavy (non-hydrogen) atoms. The summed E-state index contributed by atoms with van der Waals surface area (Å²) in [6, 6.07) is -0.190. The van der Waals surface area contributed by atoms with E-state index < -0.39 is 10.2 Å². The first-order valence-corrected chi connectivity index (χ1v) is 4.89. The quantitative estimate of drug-likeness (QED) is 0.574. The zero-order valence-electron chi connectivity index (χ0n) is 6.82. The molecule has 0 aliphatic heterocycles. The van der Waals surface area contributed by atoms with Crippen LogP contribution in [0.25, 0.3) is 0 Å². The number of likely N-dealkylation sites (N-methyl/N-ethyl adjacent to an activating group) is 1. The van der Waals surface area contributed by atoms with Crippen molar-refractivity contribution in [1.82, 2.24) is 4.31 Å². The lowest BCUT2D eigenvalue weighted by Gasteiger charge is -2.22. The Kier molecular flexibility index (Phi) is 3.95. The summed E-state index contributed by atoms with van der Waals surface area (Å²) in [5, 5.41) is 4.87. The van der Waals surface area contributed by atoms with E-state index in [1.165, 1.54) is 7.05 Å². The predicted molar refractivity (Wildman–Crippen MR) is 44.0 cm³/mol. The lowest BCUT2D eigenvalue weighted by Crippen LogP contribution is -2.44. The highest BCUT2D eigenvalue weighted by molar-refractivity contribution is 7.86. The number of hydrogen-bond acceptors (Lipinski definition) is 3. The lowest BCUT2D eigenvalue weighted by atomic mass is 10.2. The predicted octanol–water partition coefficient (Wildman–Crippen LogP) is -1.14. The smallest absolute Gasteiger partial charge is 0.276 e. The summed E-state index contributed by atoms with van der Waals surface area (Å²) in [5.74, 6) is 0. The molecule has 0 amide bonds. The van der Waals surface area contributed by atoms with Crippen molar-refractivity contribution in [1.29, 1.82) is 0 Å². The van der Waals surface area contributed by atoms with Gasteiger partial charge in [0, 0.05) is 19.6 Å². The summed E-state index contributed by atoms with van der Waals surface area (Å²) in [5.41, 5.74) is 5.32. The van der Waals surface area contributed by atoms with Gasteiger partial charge in [0.1, 0.15) is 0 Å². The van der Waals surface area contributed by atoms with E-state index in [9.17, 15) is 8.42 Å². The molecular formula is C5H15N3O2S. The maximum atomic E-state index is 10.7. The minimum atomic E-state index is -3.57. The molecule has 0 aromatic carbocycles. The van der Waals surface area contributed by atoms with Crippen molar-refractivity contribution in [2.24, 2.45) is 10.9 Å². The average molecular weight is 181 g/mol. The number of hydrogen-bond donors (Lipinski definition) is 2. The average Bonchev–Trinajstić information content (AvgIpc) is 1.88. The standard InChI is InChI=1S/C5H15N3O2S/c1-3-5(4-6)8(2)11(7,9)10/h5H,3-4,6H2,1-2H3,(H2,7,9,10). The highest BCUT2D eigenvalue weighted by atomic mass is 32.2. The SMILES string of the molecule is CCC(CN)N(C)S(N)(=O)=O. The van der Waals surface area contributed by atoms with Crippen molar-refractivity contribution in [3.8, 4) is 0 Å². The van der Waals surface area contributed by atoms with Gasteiger partial charge < -0.3 is 5.73 Å². The van der Waals surface area contributed by atoms with Crippen LogP contribution >= 0.6 is 0 Å². The first kappa shape index (κ1) is 10.8. The summed E-state index contributed by atoms with van der Waals surface area (Å²) in [4.78, 5) is 0. The van der Waals surface area contributed by atoms with E-state index in [2.05, 4.69) is 0 Å². The van der Waals surface area contributed by atoms with Crippen LogP contribution in [-0.2, 0) is 10.2 Å². The summed E-state index contributed by atoms with van der Waals surface area (Å²) >= 11 is 0. The molecule has 0 saturated heterocycles. The molecule has 0 aliphatic rings. The largest absolute Gasteiger partial charge is 0.329 e. The van der Waals surface area contributed by atoms with Crippen molar-refractivity contribution in [3.05, 3.63) is 0 Å². The first-order chi connectivity index (χ1) is 4.93. The van der Waals surface area contributed by atoms with Gasteiger partial charge in [-0.25, -0.2) is 5.14 Å². The highest BCUT2D eigenvalue weighted by Gasteiger charge is 2.19. The molecule has 6 heteroatoms. The maximum Gasteiger partial charge on any atom is 0.276 e. The fraction of sp³-hybridized carbons (Fsp3) is 1.00. The second-order valence-electron chi connectivity index (χ2n) is 2.36. The molecule has 0 fully saturated rings. The molecule has 0 aliphatic carbocycles. The fourth-order valence-corrected chi connectivity index (χ4v) is 1.43. The molecule has 0 rings (SSSR count). The molecular weight excluding hydrogens is 166 g/mol. The van der Waals surface area contributed by atoms with Crippen molar-refractivity contribution < 1.29 is 8.42 Å². The first-order valence-electron chi connectivity index (χ1n) is 3.39. The third-order valence-electron chi connectivity index (χ3n) is 1.66. The Labute approximate surface area is 67.5 Å². The minimum absolute atomic E-state index is 0.190. The van der Waals surface area contributed by atoms with Gasteiger partial charge in [-0.15, -0.1) is 0 Å². The molecule has 5 nitrogen and oxygen atoms in total. The Hall–Kier alpha value is -0.170. The Morgan fingerprint density at radius 2 is 2.00 bits per heavy atom. The van der Waals surface area contributed by atoms with Crippen LogP contribution in [0.3, 0.4) is 0 Å². The minimum Gasteiger partial charge on any atom is -0.329 e. The van der Waals surface area contributed by atoms with Gasteiger partial charge in [-0.1, -0.05) is 6.92 Å². The van der Waals surface area contributed by atoms with E-state index in [1.54, 1.807) is 0 Å². The van der Waals surface area contributed by atoms with Crippen LogP contribution in [0, 0.1) is 0 Å². The maximum absolute atomic E-state index is 10.7. The van der Waals surface area contributed by atoms with Gasteiger partial charge in [-0.05, 0) is 6.42 Å². The van der Waals surface area contributed by atoms with Crippen LogP contribution in [0.4, 0.5) is 0 Å². The van der Waals surface area contributed by atoms with Crippen molar-refractivity contribution >= 4 is 10.2 Å². The molecule has 0 heterocycles. The zero-order valence-corrected chi connectivity index (χ0v) is 7.63. The van der Waals surface area contributed by atoms with Gasteiger partial charge in [0.15, 0.2) is 0 Å². The summed E-state index contributed by atoms with van der Waals surface area (Å²) in [6.07, 6.45) is 0.670. The van der Waals surface area contributed by atoms with Gasteiger partial charge in [0.2, 0.25) is 0 Å². The Morgan fingerprint density at radius 3 is 2.09 bits per heavy atom. The zero-order chi connectivity index (χ0) is 9.07. The lowest BCUT2D eigenvalue weighted by molar-refractivity contribution is 0.365. The molecule has 0 saturated carbocycles.